The summed E-state index contributed by atoms with van der Waals surface area (Å²) in [6, 6.07) is 2.74. The van der Waals surface area contributed by atoms with Crippen molar-refractivity contribution in [2.24, 2.45) is 0 Å². The molecule has 0 N–H and O–H groups in total. The normalized spacial score (nSPS) is 9.53. The van der Waals surface area contributed by atoms with E-state index in [2.05, 4.69) is 14.5 Å². The van der Waals surface area contributed by atoms with E-state index in [1.54, 1.807) is 0 Å². The van der Waals surface area contributed by atoms with E-state index < -0.39 is 11.9 Å². The number of aromatic nitrogens is 1. The average molecular weight is 230 g/mol. The number of carbonyl (C=O) groups is 2. The molecular formula is C9H8ClNO4. The van der Waals surface area contributed by atoms with Gasteiger partial charge in [-0.25, -0.2) is 14.6 Å². The average Bonchev–Trinajstić information content (AvgIpc) is 2.27. The van der Waals surface area contributed by atoms with E-state index in [1.807, 2.05) is 0 Å². The molecule has 0 spiro atoms. The zero-order chi connectivity index (χ0) is 11.4. The second kappa shape index (κ2) is 4.75. The summed E-state index contributed by atoms with van der Waals surface area (Å²) in [7, 11) is 2.42. The molecule has 0 amide bonds. The number of hydrogen-bond acceptors (Lipinski definition) is 5. The highest BCUT2D eigenvalue weighted by Crippen LogP contribution is 2.15. The quantitative estimate of drug-likeness (QED) is 0.716. The summed E-state index contributed by atoms with van der Waals surface area (Å²) >= 11 is 5.70. The Bertz CT molecular complexity index is 405. The first-order valence-corrected chi connectivity index (χ1v) is 4.31. The van der Waals surface area contributed by atoms with Gasteiger partial charge in [-0.05, 0) is 12.1 Å². The first kappa shape index (κ1) is 11.5. The van der Waals surface area contributed by atoms with E-state index in [0.717, 1.165) is 0 Å². The number of pyridine rings is 1. The fraction of sp³-hybridized carbons (Fsp3) is 0.222. The second-order valence-electron chi connectivity index (χ2n) is 2.51. The van der Waals surface area contributed by atoms with Crippen LogP contribution < -0.4 is 0 Å². The van der Waals surface area contributed by atoms with Crippen LogP contribution in [0.5, 0.6) is 0 Å². The number of halogens is 1. The molecule has 1 aromatic heterocycles. The maximum atomic E-state index is 11.2. The van der Waals surface area contributed by atoms with Crippen molar-refractivity contribution in [2.75, 3.05) is 14.2 Å². The van der Waals surface area contributed by atoms with E-state index >= 15 is 0 Å². The van der Waals surface area contributed by atoms with Crippen molar-refractivity contribution >= 4 is 23.5 Å². The van der Waals surface area contributed by atoms with E-state index in [-0.39, 0.29) is 16.4 Å². The van der Waals surface area contributed by atoms with Gasteiger partial charge in [0.15, 0.2) is 5.69 Å². The molecule has 0 bridgehead atoms. The number of carbonyl (C=O) groups excluding carboxylic acids is 2. The summed E-state index contributed by atoms with van der Waals surface area (Å²) in [6.45, 7) is 0. The Morgan fingerprint density at radius 2 is 1.80 bits per heavy atom. The van der Waals surface area contributed by atoms with E-state index in [4.69, 9.17) is 11.6 Å². The fourth-order valence-electron chi connectivity index (χ4n) is 0.900. The molecule has 0 radical (unpaired) electrons. The molecule has 0 aliphatic heterocycles. The van der Waals surface area contributed by atoms with Gasteiger partial charge >= 0.3 is 11.9 Å². The molecule has 80 valence electrons. The molecule has 0 fully saturated rings. The summed E-state index contributed by atoms with van der Waals surface area (Å²) in [6.07, 6.45) is 0. The number of hydrogen-bond donors (Lipinski definition) is 0. The molecule has 0 unspecified atom stereocenters. The molecule has 1 heterocycles. The third-order valence-corrected chi connectivity index (χ3v) is 1.92. The van der Waals surface area contributed by atoms with Crippen LogP contribution >= 0.6 is 11.6 Å². The lowest BCUT2D eigenvalue weighted by atomic mass is 10.3. The molecule has 6 heteroatoms. The number of nitrogens with zero attached hydrogens (tertiary/aromatic N) is 1. The fourth-order valence-corrected chi connectivity index (χ4v) is 1.08. The lowest BCUT2D eigenvalue weighted by molar-refractivity contribution is 0.0586. The van der Waals surface area contributed by atoms with Crippen LogP contribution in [0.4, 0.5) is 0 Å². The van der Waals surface area contributed by atoms with Gasteiger partial charge in [-0.15, -0.1) is 0 Å². The lowest BCUT2D eigenvalue weighted by Gasteiger charge is -2.03. The molecule has 5 nitrogen and oxygen atoms in total. The van der Waals surface area contributed by atoms with Crippen LogP contribution in [0.2, 0.25) is 5.02 Å². The van der Waals surface area contributed by atoms with Crippen LogP contribution in [0.1, 0.15) is 21.0 Å². The van der Waals surface area contributed by atoms with Gasteiger partial charge in [-0.2, -0.15) is 0 Å². The van der Waals surface area contributed by atoms with Gasteiger partial charge < -0.3 is 9.47 Å². The Morgan fingerprint density at radius 1 is 1.20 bits per heavy atom. The van der Waals surface area contributed by atoms with Crippen LogP contribution in [0, 0.1) is 0 Å². The summed E-state index contributed by atoms with van der Waals surface area (Å²) in [5.74, 6) is -1.34. The first-order chi connectivity index (χ1) is 7.10. The van der Waals surface area contributed by atoms with Crippen molar-refractivity contribution in [3.63, 3.8) is 0 Å². The smallest absolute Gasteiger partial charge is 0.358 e. The minimum atomic E-state index is -0.703. The molecule has 0 atom stereocenters. The van der Waals surface area contributed by atoms with Crippen molar-refractivity contribution in [2.45, 2.75) is 0 Å². The van der Waals surface area contributed by atoms with Crippen LogP contribution in [0.3, 0.4) is 0 Å². The Kier molecular flexibility index (Phi) is 3.62. The van der Waals surface area contributed by atoms with Crippen LogP contribution in [0.25, 0.3) is 0 Å². The van der Waals surface area contributed by atoms with Gasteiger partial charge in [0.2, 0.25) is 0 Å². The van der Waals surface area contributed by atoms with E-state index in [9.17, 15) is 9.59 Å². The van der Waals surface area contributed by atoms with E-state index in [0.29, 0.717) is 0 Å². The maximum absolute atomic E-state index is 11.2. The predicted octanol–water partition coefficient (Wildman–Crippen LogP) is 1.31. The number of methoxy groups -OCH3 is 2. The van der Waals surface area contributed by atoms with E-state index in [1.165, 1.54) is 26.4 Å². The highest BCUT2D eigenvalue weighted by molar-refractivity contribution is 6.33. The molecule has 15 heavy (non-hydrogen) atoms. The Balaban J connectivity index is 3.16. The Labute approximate surface area is 91.0 Å². The molecule has 0 aliphatic carbocycles. The number of ether oxygens (including phenoxy) is 2. The highest BCUT2D eigenvalue weighted by atomic mass is 35.5. The molecule has 0 aliphatic rings. The van der Waals surface area contributed by atoms with Crippen LogP contribution in [0.15, 0.2) is 12.1 Å². The van der Waals surface area contributed by atoms with Crippen LogP contribution in [-0.4, -0.2) is 31.1 Å². The summed E-state index contributed by atoms with van der Waals surface area (Å²) < 4.78 is 8.90. The standard InChI is InChI=1S/C9H8ClNO4/c1-14-8(12)6-4-3-5(10)7(11-6)9(13)15-2/h3-4H,1-2H3. The molecule has 1 rings (SSSR count). The zero-order valence-electron chi connectivity index (χ0n) is 8.11. The van der Waals surface area contributed by atoms with Crippen molar-refractivity contribution < 1.29 is 19.1 Å². The maximum Gasteiger partial charge on any atom is 0.358 e. The monoisotopic (exact) mass is 229 g/mol. The molecule has 0 aromatic carbocycles. The Morgan fingerprint density at radius 3 is 2.33 bits per heavy atom. The van der Waals surface area contributed by atoms with Crippen molar-refractivity contribution in [3.05, 3.63) is 28.5 Å². The van der Waals surface area contributed by atoms with Crippen LogP contribution in [-0.2, 0) is 9.47 Å². The van der Waals surface area contributed by atoms with Crippen molar-refractivity contribution in [1.29, 1.82) is 0 Å². The third-order valence-electron chi connectivity index (χ3n) is 1.62. The summed E-state index contributed by atoms with van der Waals surface area (Å²) in [4.78, 5) is 26.0. The summed E-state index contributed by atoms with van der Waals surface area (Å²) in [5, 5.41) is 0.120. The van der Waals surface area contributed by atoms with Gasteiger partial charge in [0.1, 0.15) is 5.69 Å². The van der Waals surface area contributed by atoms with Gasteiger partial charge in [-0.3, -0.25) is 0 Å². The predicted molar refractivity (Wildman–Crippen MR) is 51.9 cm³/mol. The highest BCUT2D eigenvalue weighted by Gasteiger charge is 2.16. The number of esters is 2. The summed E-state index contributed by atoms with van der Waals surface area (Å²) in [5.41, 5.74) is -0.107. The second-order valence-corrected chi connectivity index (χ2v) is 2.92. The molecule has 0 saturated carbocycles. The van der Waals surface area contributed by atoms with Gasteiger partial charge in [0.05, 0.1) is 19.2 Å². The third kappa shape index (κ3) is 2.44. The van der Waals surface area contributed by atoms with Crippen molar-refractivity contribution in [3.8, 4) is 0 Å². The first-order valence-electron chi connectivity index (χ1n) is 3.93. The van der Waals surface area contributed by atoms with Gasteiger partial charge in [-0.1, -0.05) is 11.6 Å². The SMILES string of the molecule is COC(=O)c1ccc(Cl)c(C(=O)OC)n1. The van der Waals surface area contributed by atoms with Crippen molar-refractivity contribution in [1.82, 2.24) is 4.98 Å². The number of rotatable bonds is 2. The molecule has 1 aromatic rings. The lowest BCUT2D eigenvalue weighted by Crippen LogP contribution is -2.11. The minimum Gasteiger partial charge on any atom is -0.464 e. The van der Waals surface area contributed by atoms with Gasteiger partial charge in [0, 0.05) is 0 Å². The molecular weight excluding hydrogens is 222 g/mol. The largest absolute Gasteiger partial charge is 0.464 e. The topological polar surface area (TPSA) is 65.5 Å². The zero-order valence-corrected chi connectivity index (χ0v) is 8.87. The molecule has 0 saturated heterocycles. The van der Waals surface area contributed by atoms with Gasteiger partial charge in [0.25, 0.3) is 0 Å². The minimum absolute atomic E-state index is 0.00213. The Hall–Kier alpha value is -1.62.